The standard InChI is InChI=1S/C17H12BClO2/c18-15-4-1-9-6-14-12-3-2-11(19)5-10(12)8-21-16(14)7-13(9)17(15)20/h2-3,5-7,15H,1,4,8H2. The first-order chi connectivity index (χ1) is 10.1. The Morgan fingerprint density at radius 2 is 1.95 bits per heavy atom. The molecule has 0 aromatic heterocycles. The fourth-order valence-electron chi connectivity index (χ4n) is 3.13. The molecule has 0 bridgehead atoms. The van der Waals surface area contributed by atoms with Crippen molar-refractivity contribution in [3.05, 3.63) is 52.0 Å². The van der Waals surface area contributed by atoms with Crippen LogP contribution >= 0.6 is 11.6 Å². The van der Waals surface area contributed by atoms with Gasteiger partial charge in [-0.1, -0.05) is 17.7 Å². The highest BCUT2D eigenvalue weighted by Gasteiger charge is 2.27. The lowest BCUT2D eigenvalue weighted by atomic mass is 9.71. The molecule has 1 aliphatic carbocycles. The average molecular weight is 295 g/mol. The van der Waals surface area contributed by atoms with E-state index in [2.05, 4.69) is 6.07 Å². The molecule has 0 saturated heterocycles. The molecule has 2 radical (unpaired) electrons. The van der Waals surface area contributed by atoms with Crippen LogP contribution in [0.2, 0.25) is 10.8 Å². The number of hydrogen-bond acceptors (Lipinski definition) is 2. The Morgan fingerprint density at radius 3 is 2.81 bits per heavy atom. The van der Waals surface area contributed by atoms with Crippen LogP contribution in [0.25, 0.3) is 11.1 Å². The summed E-state index contributed by atoms with van der Waals surface area (Å²) in [5.74, 6) is 0.390. The maximum atomic E-state index is 12.2. The van der Waals surface area contributed by atoms with Crippen LogP contribution < -0.4 is 4.74 Å². The summed E-state index contributed by atoms with van der Waals surface area (Å²) in [6, 6.07) is 9.75. The molecule has 0 amide bonds. The normalized spacial score (nSPS) is 19.3. The molecule has 1 atom stereocenters. The van der Waals surface area contributed by atoms with E-state index in [1.807, 2.05) is 24.3 Å². The van der Waals surface area contributed by atoms with Crippen molar-refractivity contribution in [1.29, 1.82) is 0 Å². The minimum atomic E-state index is -0.384. The number of ether oxygens (including phenoxy) is 1. The lowest BCUT2D eigenvalue weighted by molar-refractivity contribution is 0.0973. The highest BCUT2D eigenvalue weighted by atomic mass is 35.5. The fraction of sp³-hybridized carbons (Fsp3) is 0.235. The number of Topliss-reactive ketones (excluding diaryl/α,β-unsaturated/α-hetero) is 1. The van der Waals surface area contributed by atoms with Crippen molar-refractivity contribution in [1.82, 2.24) is 0 Å². The smallest absolute Gasteiger partial charge is 0.157 e. The van der Waals surface area contributed by atoms with E-state index in [1.165, 1.54) is 0 Å². The van der Waals surface area contributed by atoms with Gasteiger partial charge in [0.25, 0.3) is 0 Å². The number of benzene rings is 2. The number of hydrogen-bond donors (Lipinski definition) is 0. The molecule has 0 spiro atoms. The average Bonchev–Trinajstić information content (AvgIpc) is 2.49. The summed E-state index contributed by atoms with van der Waals surface area (Å²) in [7, 11) is 5.86. The van der Waals surface area contributed by atoms with Crippen LogP contribution in [0.3, 0.4) is 0 Å². The largest absolute Gasteiger partial charge is 0.488 e. The summed E-state index contributed by atoms with van der Waals surface area (Å²) >= 11 is 6.04. The number of fused-ring (bicyclic) bond motifs is 4. The Hall–Kier alpha value is -1.74. The van der Waals surface area contributed by atoms with Crippen LogP contribution in [0.15, 0.2) is 30.3 Å². The number of halogens is 1. The maximum Gasteiger partial charge on any atom is 0.157 e. The summed E-state index contributed by atoms with van der Waals surface area (Å²) in [6.45, 7) is 0.474. The summed E-state index contributed by atoms with van der Waals surface area (Å²) in [5, 5.41) is 0.708. The zero-order valence-corrected chi connectivity index (χ0v) is 12.1. The van der Waals surface area contributed by atoms with E-state index >= 15 is 0 Å². The summed E-state index contributed by atoms with van der Waals surface area (Å²) in [6.07, 6.45) is 1.54. The highest BCUT2D eigenvalue weighted by Crippen LogP contribution is 2.42. The first-order valence-corrected chi connectivity index (χ1v) is 7.39. The lowest BCUT2D eigenvalue weighted by Crippen LogP contribution is -2.19. The predicted octanol–water partition coefficient (Wildman–Crippen LogP) is 3.99. The van der Waals surface area contributed by atoms with Crippen molar-refractivity contribution in [2.45, 2.75) is 25.3 Å². The highest BCUT2D eigenvalue weighted by molar-refractivity contribution is 6.30. The molecule has 0 N–H and O–H groups in total. The van der Waals surface area contributed by atoms with Gasteiger partial charge in [-0.2, -0.15) is 0 Å². The molecule has 21 heavy (non-hydrogen) atoms. The zero-order valence-electron chi connectivity index (χ0n) is 11.4. The van der Waals surface area contributed by atoms with Gasteiger partial charge in [0.05, 0.1) is 7.85 Å². The van der Waals surface area contributed by atoms with Crippen molar-refractivity contribution in [3.63, 3.8) is 0 Å². The van der Waals surface area contributed by atoms with Crippen LogP contribution in [0.1, 0.15) is 27.9 Å². The van der Waals surface area contributed by atoms with Crippen molar-refractivity contribution >= 4 is 25.2 Å². The summed E-state index contributed by atoms with van der Waals surface area (Å²) in [4.78, 5) is 12.2. The molecule has 2 aliphatic rings. The molecule has 2 aromatic carbocycles. The number of aryl methyl sites for hydroxylation is 1. The molecule has 1 heterocycles. The molecular formula is C17H12BClO2. The van der Waals surface area contributed by atoms with E-state index in [0.717, 1.165) is 34.4 Å². The van der Waals surface area contributed by atoms with E-state index in [-0.39, 0.29) is 11.6 Å². The van der Waals surface area contributed by atoms with Crippen molar-refractivity contribution in [2.24, 2.45) is 0 Å². The van der Waals surface area contributed by atoms with Crippen LogP contribution in [0.4, 0.5) is 0 Å². The van der Waals surface area contributed by atoms with Crippen molar-refractivity contribution in [2.75, 3.05) is 0 Å². The Kier molecular flexibility index (Phi) is 2.86. The third-order valence-corrected chi connectivity index (χ3v) is 4.51. The Bertz CT molecular complexity index is 770. The molecule has 0 saturated carbocycles. The monoisotopic (exact) mass is 294 g/mol. The van der Waals surface area contributed by atoms with Crippen LogP contribution in [-0.4, -0.2) is 13.6 Å². The number of ketones is 1. The topological polar surface area (TPSA) is 26.3 Å². The molecule has 0 fully saturated rings. The first-order valence-electron chi connectivity index (χ1n) is 7.02. The van der Waals surface area contributed by atoms with Crippen LogP contribution in [0.5, 0.6) is 5.75 Å². The van der Waals surface area contributed by atoms with Gasteiger partial charge in [0.15, 0.2) is 5.78 Å². The quantitative estimate of drug-likeness (QED) is 0.687. The van der Waals surface area contributed by atoms with Gasteiger partial charge in [-0.15, -0.1) is 0 Å². The Morgan fingerprint density at radius 1 is 1.10 bits per heavy atom. The van der Waals surface area contributed by atoms with Gasteiger partial charge in [0.1, 0.15) is 12.4 Å². The van der Waals surface area contributed by atoms with E-state index < -0.39 is 0 Å². The molecule has 2 aromatic rings. The van der Waals surface area contributed by atoms with Gasteiger partial charge < -0.3 is 4.74 Å². The van der Waals surface area contributed by atoms with E-state index in [0.29, 0.717) is 23.6 Å². The Balaban J connectivity index is 1.90. The van der Waals surface area contributed by atoms with E-state index in [4.69, 9.17) is 24.2 Å². The molecule has 4 rings (SSSR count). The molecule has 102 valence electrons. The summed E-state index contributed by atoms with van der Waals surface area (Å²) in [5.41, 5.74) is 5.02. The third kappa shape index (κ3) is 1.99. The number of carbonyl (C=O) groups is 1. The second-order valence-corrected chi connectivity index (χ2v) is 6.04. The van der Waals surface area contributed by atoms with Crippen LogP contribution in [0, 0.1) is 0 Å². The SMILES string of the molecule is [B]C1CCc2cc3c(cc2C1=O)OCc1cc(Cl)ccc1-3. The van der Waals surface area contributed by atoms with Gasteiger partial charge in [-0.3, -0.25) is 4.79 Å². The van der Waals surface area contributed by atoms with Crippen molar-refractivity contribution < 1.29 is 9.53 Å². The van der Waals surface area contributed by atoms with Crippen LogP contribution in [-0.2, 0) is 13.0 Å². The number of carbonyl (C=O) groups excluding carboxylic acids is 1. The zero-order chi connectivity index (χ0) is 14.6. The van der Waals surface area contributed by atoms with Gasteiger partial charge in [-0.05, 0) is 59.6 Å². The first kappa shape index (κ1) is 13.0. The van der Waals surface area contributed by atoms with Gasteiger partial charge in [0, 0.05) is 16.1 Å². The molecule has 1 unspecified atom stereocenters. The second-order valence-electron chi connectivity index (χ2n) is 5.61. The predicted molar refractivity (Wildman–Crippen MR) is 83.4 cm³/mol. The summed E-state index contributed by atoms with van der Waals surface area (Å²) < 4.78 is 5.80. The van der Waals surface area contributed by atoms with Gasteiger partial charge in [0.2, 0.25) is 0 Å². The van der Waals surface area contributed by atoms with Crippen molar-refractivity contribution in [3.8, 4) is 16.9 Å². The van der Waals surface area contributed by atoms with Gasteiger partial charge in [-0.25, -0.2) is 0 Å². The second kappa shape index (κ2) is 4.64. The maximum absolute atomic E-state index is 12.2. The molecular weight excluding hydrogens is 282 g/mol. The Labute approximate surface area is 129 Å². The lowest BCUT2D eigenvalue weighted by Gasteiger charge is -2.26. The molecule has 2 nitrogen and oxygen atoms in total. The van der Waals surface area contributed by atoms with Gasteiger partial charge >= 0.3 is 0 Å². The minimum absolute atomic E-state index is 0.0181. The molecule has 1 aliphatic heterocycles. The minimum Gasteiger partial charge on any atom is -0.488 e. The number of rotatable bonds is 0. The van der Waals surface area contributed by atoms with E-state index in [9.17, 15) is 4.79 Å². The molecule has 4 heteroatoms. The fourth-order valence-corrected chi connectivity index (χ4v) is 3.33. The third-order valence-electron chi connectivity index (χ3n) is 4.27. The van der Waals surface area contributed by atoms with E-state index in [1.54, 1.807) is 0 Å².